The highest BCUT2D eigenvalue weighted by atomic mass is 16.6. The van der Waals surface area contributed by atoms with Crippen LogP contribution >= 0.6 is 0 Å². The van der Waals surface area contributed by atoms with Crippen molar-refractivity contribution >= 4 is 5.69 Å². The van der Waals surface area contributed by atoms with Gasteiger partial charge in [-0.1, -0.05) is 6.92 Å². The monoisotopic (exact) mass is 195 g/mol. The normalized spacial score (nSPS) is 12.1. The van der Waals surface area contributed by atoms with Crippen molar-refractivity contribution in [3.05, 3.63) is 34.4 Å². The standard InChI is InChI=1S/C10H13NO3/c1-3-8(2)14-10-6-4-9(5-7-10)11(12)13/h4-8H,3H2,1-2H3. The number of nitrogens with zero attached hydrogens (tertiary/aromatic N) is 1. The first-order chi connectivity index (χ1) is 6.63. The van der Waals surface area contributed by atoms with Gasteiger partial charge in [0.1, 0.15) is 5.75 Å². The molecule has 1 atom stereocenters. The van der Waals surface area contributed by atoms with Gasteiger partial charge in [0.25, 0.3) is 5.69 Å². The predicted octanol–water partition coefficient (Wildman–Crippen LogP) is 2.77. The number of nitro groups is 1. The van der Waals surface area contributed by atoms with Crippen LogP contribution in [0.15, 0.2) is 24.3 Å². The van der Waals surface area contributed by atoms with Crippen LogP contribution < -0.4 is 4.74 Å². The van der Waals surface area contributed by atoms with E-state index in [9.17, 15) is 10.1 Å². The molecular formula is C10H13NO3. The summed E-state index contributed by atoms with van der Waals surface area (Å²) in [7, 11) is 0. The molecule has 14 heavy (non-hydrogen) atoms. The average Bonchev–Trinajstić information content (AvgIpc) is 2.18. The summed E-state index contributed by atoms with van der Waals surface area (Å²) < 4.78 is 5.48. The molecule has 1 rings (SSSR count). The van der Waals surface area contributed by atoms with Gasteiger partial charge >= 0.3 is 0 Å². The SMILES string of the molecule is CCC(C)Oc1ccc([N+](=O)[O-])cc1. The molecule has 0 N–H and O–H groups in total. The number of nitro benzene ring substituents is 1. The van der Waals surface area contributed by atoms with Crippen LogP contribution in [0.25, 0.3) is 0 Å². The molecule has 1 unspecified atom stereocenters. The van der Waals surface area contributed by atoms with Gasteiger partial charge in [-0.15, -0.1) is 0 Å². The maximum atomic E-state index is 10.4. The number of benzene rings is 1. The first-order valence-electron chi connectivity index (χ1n) is 4.54. The Morgan fingerprint density at radius 1 is 1.43 bits per heavy atom. The summed E-state index contributed by atoms with van der Waals surface area (Å²) in [5.41, 5.74) is 0.0847. The largest absolute Gasteiger partial charge is 0.491 e. The zero-order chi connectivity index (χ0) is 10.6. The van der Waals surface area contributed by atoms with Gasteiger partial charge in [-0.25, -0.2) is 0 Å². The summed E-state index contributed by atoms with van der Waals surface area (Å²) in [4.78, 5) is 9.93. The molecule has 4 nitrogen and oxygen atoms in total. The highest BCUT2D eigenvalue weighted by molar-refractivity contribution is 5.36. The van der Waals surface area contributed by atoms with Crippen LogP contribution in [-0.4, -0.2) is 11.0 Å². The summed E-state index contributed by atoms with van der Waals surface area (Å²) in [6.07, 6.45) is 1.05. The van der Waals surface area contributed by atoms with Crippen molar-refractivity contribution in [3.63, 3.8) is 0 Å². The lowest BCUT2D eigenvalue weighted by atomic mass is 10.3. The van der Waals surface area contributed by atoms with E-state index in [2.05, 4.69) is 0 Å². The van der Waals surface area contributed by atoms with Gasteiger partial charge in [-0.2, -0.15) is 0 Å². The molecule has 0 aliphatic carbocycles. The van der Waals surface area contributed by atoms with Gasteiger partial charge in [0.15, 0.2) is 0 Å². The Bertz CT molecular complexity index is 308. The third-order valence-corrected chi connectivity index (χ3v) is 1.96. The molecule has 0 aromatic heterocycles. The lowest BCUT2D eigenvalue weighted by Gasteiger charge is -2.11. The molecule has 0 heterocycles. The van der Waals surface area contributed by atoms with Crippen molar-refractivity contribution < 1.29 is 9.66 Å². The lowest BCUT2D eigenvalue weighted by molar-refractivity contribution is -0.384. The minimum Gasteiger partial charge on any atom is -0.491 e. The summed E-state index contributed by atoms with van der Waals surface area (Å²) >= 11 is 0. The van der Waals surface area contributed by atoms with E-state index in [4.69, 9.17) is 4.74 Å². The third kappa shape index (κ3) is 2.73. The average molecular weight is 195 g/mol. The molecule has 0 saturated carbocycles. The van der Waals surface area contributed by atoms with Crippen molar-refractivity contribution in [1.29, 1.82) is 0 Å². The minimum absolute atomic E-state index is 0.0847. The van der Waals surface area contributed by atoms with Crippen molar-refractivity contribution in [2.24, 2.45) is 0 Å². The van der Waals surface area contributed by atoms with Crippen molar-refractivity contribution in [2.75, 3.05) is 0 Å². The summed E-state index contributed by atoms with van der Waals surface area (Å²) in [5, 5.41) is 10.4. The van der Waals surface area contributed by atoms with Gasteiger partial charge < -0.3 is 4.74 Å². The van der Waals surface area contributed by atoms with E-state index < -0.39 is 4.92 Å². The number of rotatable bonds is 4. The van der Waals surface area contributed by atoms with E-state index in [1.165, 1.54) is 12.1 Å². The third-order valence-electron chi connectivity index (χ3n) is 1.96. The second-order valence-electron chi connectivity index (χ2n) is 3.09. The smallest absolute Gasteiger partial charge is 0.269 e. The molecule has 1 aromatic carbocycles. The minimum atomic E-state index is -0.424. The molecular weight excluding hydrogens is 182 g/mol. The Morgan fingerprint density at radius 3 is 2.43 bits per heavy atom. The number of hydrogen-bond donors (Lipinski definition) is 0. The van der Waals surface area contributed by atoms with Gasteiger partial charge in [-0.3, -0.25) is 10.1 Å². The van der Waals surface area contributed by atoms with Crippen LogP contribution in [0.4, 0.5) is 5.69 Å². The summed E-state index contributed by atoms with van der Waals surface area (Å²) in [6.45, 7) is 3.98. The fourth-order valence-corrected chi connectivity index (χ4v) is 0.962. The van der Waals surface area contributed by atoms with E-state index in [1.54, 1.807) is 12.1 Å². The molecule has 4 heteroatoms. The molecule has 0 radical (unpaired) electrons. The van der Waals surface area contributed by atoms with Gasteiger partial charge in [-0.05, 0) is 25.5 Å². The van der Waals surface area contributed by atoms with Crippen molar-refractivity contribution in [1.82, 2.24) is 0 Å². The molecule has 0 aliphatic rings. The zero-order valence-corrected chi connectivity index (χ0v) is 8.27. The summed E-state index contributed by atoms with van der Waals surface area (Å²) in [5.74, 6) is 0.671. The molecule has 0 aliphatic heterocycles. The first kappa shape index (κ1) is 10.5. The highest BCUT2D eigenvalue weighted by Gasteiger charge is 2.05. The van der Waals surface area contributed by atoms with Crippen LogP contribution in [-0.2, 0) is 0 Å². The molecule has 0 spiro atoms. The maximum absolute atomic E-state index is 10.4. The second-order valence-corrected chi connectivity index (χ2v) is 3.09. The zero-order valence-electron chi connectivity index (χ0n) is 8.27. The molecule has 0 amide bonds. The number of hydrogen-bond acceptors (Lipinski definition) is 3. The van der Waals surface area contributed by atoms with E-state index >= 15 is 0 Å². The topological polar surface area (TPSA) is 52.4 Å². The first-order valence-corrected chi connectivity index (χ1v) is 4.54. The Morgan fingerprint density at radius 2 is 2.00 bits per heavy atom. The van der Waals surface area contributed by atoms with Crippen molar-refractivity contribution in [3.8, 4) is 5.75 Å². The van der Waals surface area contributed by atoms with Crippen LogP contribution in [0.1, 0.15) is 20.3 Å². The fraction of sp³-hybridized carbons (Fsp3) is 0.400. The van der Waals surface area contributed by atoms with Crippen LogP contribution in [0.5, 0.6) is 5.75 Å². The van der Waals surface area contributed by atoms with Gasteiger partial charge in [0.2, 0.25) is 0 Å². The van der Waals surface area contributed by atoms with Crippen LogP contribution in [0, 0.1) is 10.1 Å². The quantitative estimate of drug-likeness (QED) is 0.548. The molecule has 0 bridgehead atoms. The molecule has 0 saturated heterocycles. The molecule has 76 valence electrons. The number of ether oxygens (including phenoxy) is 1. The van der Waals surface area contributed by atoms with E-state index in [-0.39, 0.29) is 11.8 Å². The van der Waals surface area contributed by atoms with E-state index in [0.717, 1.165) is 6.42 Å². The number of non-ortho nitro benzene ring substituents is 1. The fourth-order valence-electron chi connectivity index (χ4n) is 0.962. The summed E-state index contributed by atoms with van der Waals surface area (Å²) in [6, 6.07) is 6.12. The van der Waals surface area contributed by atoms with Crippen molar-refractivity contribution in [2.45, 2.75) is 26.4 Å². The lowest BCUT2D eigenvalue weighted by Crippen LogP contribution is -2.09. The highest BCUT2D eigenvalue weighted by Crippen LogP contribution is 2.18. The van der Waals surface area contributed by atoms with Crippen LogP contribution in [0.2, 0.25) is 0 Å². The Kier molecular flexibility index (Phi) is 3.45. The van der Waals surface area contributed by atoms with Crippen LogP contribution in [0.3, 0.4) is 0 Å². The van der Waals surface area contributed by atoms with E-state index in [1.807, 2.05) is 13.8 Å². The maximum Gasteiger partial charge on any atom is 0.269 e. The van der Waals surface area contributed by atoms with E-state index in [0.29, 0.717) is 5.75 Å². The Hall–Kier alpha value is -1.58. The Balaban J connectivity index is 2.68. The Labute approximate surface area is 82.7 Å². The predicted molar refractivity (Wildman–Crippen MR) is 53.5 cm³/mol. The molecule has 1 aromatic rings. The second kappa shape index (κ2) is 4.60. The van der Waals surface area contributed by atoms with Gasteiger partial charge in [0.05, 0.1) is 11.0 Å². The molecule has 0 fully saturated rings. The van der Waals surface area contributed by atoms with Gasteiger partial charge in [0, 0.05) is 12.1 Å².